The van der Waals surface area contributed by atoms with E-state index in [-0.39, 0.29) is 11.3 Å². The molecule has 0 bridgehead atoms. The summed E-state index contributed by atoms with van der Waals surface area (Å²) in [6, 6.07) is 0. The molecule has 3 heteroatoms. The van der Waals surface area contributed by atoms with Gasteiger partial charge in [0.1, 0.15) is 0 Å². The van der Waals surface area contributed by atoms with Gasteiger partial charge in [0.25, 0.3) is 0 Å². The number of hydrogen-bond acceptors (Lipinski definition) is 2. The molecule has 0 atom stereocenters. The first kappa shape index (κ1) is 14.9. The monoisotopic (exact) mass is 257 g/mol. The van der Waals surface area contributed by atoms with Crippen LogP contribution in [0.15, 0.2) is 0 Å². The number of rotatable bonds is 10. The Morgan fingerprint density at radius 2 is 1.82 bits per heavy atom. The third-order valence-electron chi connectivity index (χ3n) is 3.68. The summed E-state index contributed by atoms with van der Waals surface area (Å²) in [7, 11) is 0. The summed E-state index contributed by atoms with van der Waals surface area (Å²) in [5, 5.41) is 3.03. The Morgan fingerprint density at radius 1 is 1.18 bits per heavy atom. The van der Waals surface area contributed by atoms with Crippen LogP contribution in [0.1, 0.15) is 64.7 Å². The summed E-state index contributed by atoms with van der Waals surface area (Å²) in [5.41, 5.74) is 0.258. The fourth-order valence-electron chi connectivity index (χ4n) is 2.10. The summed E-state index contributed by atoms with van der Waals surface area (Å²) in [6.07, 6.45) is 10.7. The summed E-state index contributed by atoms with van der Waals surface area (Å²) in [4.78, 5) is 11.6. The van der Waals surface area contributed by atoms with Crippen LogP contribution in [0, 0.1) is 5.41 Å². The lowest BCUT2D eigenvalue weighted by Gasteiger charge is -2.11. The van der Waals surface area contributed by atoms with E-state index in [1.165, 1.54) is 44.9 Å². The van der Waals surface area contributed by atoms with Crippen molar-refractivity contribution in [3.63, 3.8) is 0 Å². The Bertz CT molecular complexity index is 226. The molecule has 1 aliphatic carbocycles. The van der Waals surface area contributed by atoms with Crippen LogP contribution in [-0.2, 0) is 4.79 Å². The predicted octanol–water partition coefficient (Wildman–Crippen LogP) is 3.56. The van der Waals surface area contributed by atoms with Crippen molar-refractivity contribution < 1.29 is 4.79 Å². The van der Waals surface area contributed by atoms with Gasteiger partial charge in [-0.15, -0.1) is 0 Å². The first-order valence-corrected chi connectivity index (χ1v) is 7.73. The van der Waals surface area contributed by atoms with E-state index >= 15 is 0 Å². The topological polar surface area (TPSA) is 29.1 Å². The Labute approximate surface area is 111 Å². The number of unbranched alkanes of at least 4 members (excludes halogenated alkanes) is 5. The minimum Gasteiger partial charge on any atom is -0.356 e. The SMILES string of the molecule is CCCCCCCCNC(=O)CC1(CS)CC1. The van der Waals surface area contributed by atoms with Crippen molar-refractivity contribution in [1.29, 1.82) is 0 Å². The zero-order valence-electron chi connectivity index (χ0n) is 11.1. The molecule has 0 aliphatic heterocycles. The molecule has 1 rings (SSSR count). The predicted molar refractivity (Wildman–Crippen MR) is 76.5 cm³/mol. The lowest BCUT2D eigenvalue weighted by molar-refractivity contribution is -0.122. The van der Waals surface area contributed by atoms with Crippen LogP contribution in [0.2, 0.25) is 0 Å². The van der Waals surface area contributed by atoms with Gasteiger partial charge >= 0.3 is 0 Å². The van der Waals surface area contributed by atoms with Crippen molar-refractivity contribution in [3.8, 4) is 0 Å². The zero-order chi connectivity index (χ0) is 12.6. The van der Waals surface area contributed by atoms with E-state index in [9.17, 15) is 4.79 Å². The molecule has 0 aromatic rings. The average Bonchev–Trinajstić information content (AvgIpc) is 3.08. The molecule has 1 fully saturated rings. The Kier molecular flexibility index (Phi) is 7.02. The van der Waals surface area contributed by atoms with Crippen LogP contribution in [0.3, 0.4) is 0 Å². The van der Waals surface area contributed by atoms with E-state index in [0.717, 1.165) is 18.7 Å². The molecular formula is C14H27NOS. The molecule has 0 radical (unpaired) electrons. The van der Waals surface area contributed by atoms with E-state index in [0.29, 0.717) is 6.42 Å². The van der Waals surface area contributed by atoms with Gasteiger partial charge in [-0.05, 0) is 30.4 Å². The fraction of sp³-hybridized carbons (Fsp3) is 0.929. The molecule has 0 spiro atoms. The van der Waals surface area contributed by atoms with Gasteiger partial charge in [0.05, 0.1) is 0 Å². The quantitative estimate of drug-likeness (QED) is 0.455. The maximum absolute atomic E-state index is 11.6. The average molecular weight is 257 g/mol. The van der Waals surface area contributed by atoms with Crippen LogP contribution in [-0.4, -0.2) is 18.2 Å². The number of carbonyl (C=O) groups excluding carboxylic acids is 1. The normalized spacial score (nSPS) is 16.8. The molecule has 2 nitrogen and oxygen atoms in total. The minimum absolute atomic E-state index is 0.227. The lowest BCUT2D eigenvalue weighted by atomic mass is 10.1. The van der Waals surface area contributed by atoms with Crippen LogP contribution in [0.5, 0.6) is 0 Å². The highest BCUT2D eigenvalue weighted by Crippen LogP contribution is 2.49. The zero-order valence-corrected chi connectivity index (χ0v) is 12.0. The van der Waals surface area contributed by atoms with Gasteiger partial charge < -0.3 is 5.32 Å². The van der Waals surface area contributed by atoms with Crippen molar-refractivity contribution in [2.45, 2.75) is 64.7 Å². The van der Waals surface area contributed by atoms with Gasteiger partial charge in [-0.2, -0.15) is 12.6 Å². The molecule has 0 saturated heterocycles. The van der Waals surface area contributed by atoms with Crippen molar-refractivity contribution in [1.82, 2.24) is 5.32 Å². The standard InChI is InChI=1S/C14H27NOS/c1-2-3-4-5-6-7-10-15-13(16)11-14(12-17)8-9-14/h17H,2-12H2,1H3,(H,15,16). The third kappa shape index (κ3) is 6.35. The van der Waals surface area contributed by atoms with E-state index in [1.807, 2.05) is 0 Å². The van der Waals surface area contributed by atoms with E-state index in [1.54, 1.807) is 0 Å². The second kappa shape index (κ2) is 8.02. The van der Waals surface area contributed by atoms with Gasteiger partial charge in [-0.1, -0.05) is 39.0 Å². The third-order valence-corrected chi connectivity index (χ3v) is 4.35. The molecule has 1 N–H and O–H groups in total. The molecular weight excluding hydrogens is 230 g/mol. The molecule has 0 aromatic carbocycles. The molecule has 0 heterocycles. The maximum atomic E-state index is 11.6. The Morgan fingerprint density at radius 3 is 2.41 bits per heavy atom. The summed E-state index contributed by atoms with van der Waals surface area (Å²) in [5.74, 6) is 1.09. The number of nitrogens with one attached hydrogen (secondary N) is 1. The second-order valence-corrected chi connectivity index (χ2v) is 5.77. The van der Waals surface area contributed by atoms with Crippen LogP contribution in [0.4, 0.5) is 0 Å². The van der Waals surface area contributed by atoms with Gasteiger partial charge in [-0.25, -0.2) is 0 Å². The van der Waals surface area contributed by atoms with E-state index in [4.69, 9.17) is 0 Å². The highest BCUT2D eigenvalue weighted by Gasteiger charge is 2.42. The van der Waals surface area contributed by atoms with E-state index < -0.39 is 0 Å². The molecule has 1 aliphatic rings. The molecule has 17 heavy (non-hydrogen) atoms. The van der Waals surface area contributed by atoms with Crippen molar-refractivity contribution in [2.75, 3.05) is 12.3 Å². The van der Waals surface area contributed by atoms with Crippen LogP contribution >= 0.6 is 12.6 Å². The first-order valence-electron chi connectivity index (χ1n) is 7.10. The van der Waals surface area contributed by atoms with Gasteiger partial charge in [0, 0.05) is 13.0 Å². The molecule has 1 amide bonds. The van der Waals surface area contributed by atoms with Crippen LogP contribution < -0.4 is 5.32 Å². The first-order chi connectivity index (χ1) is 8.22. The van der Waals surface area contributed by atoms with Crippen LogP contribution in [0.25, 0.3) is 0 Å². The minimum atomic E-state index is 0.227. The number of thiol groups is 1. The highest BCUT2D eigenvalue weighted by molar-refractivity contribution is 7.80. The Balaban J connectivity index is 1.90. The molecule has 0 aromatic heterocycles. The number of hydrogen-bond donors (Lipinski definition) is 2. The molecule has 1 saturated carbocycles. The smallest absolute Gasteiger partial charge is 0.220 e. The highest BCUT2D eigenvalue weighted by atomic mass is 32.1. The van der Waals surface area contributed by atoms with Crippen molar-refractivity contribution in [2.24, 2.45) is 5.41 Å². The van der Waals surface area contributed by atoms with Crippen molar-refractivity contribution >= 4 is 18.5 Å². The van der Waals surface area contributed by atoms with Crippen molar-refractivity contribution in [3.05, 3.63) is 0 Å². The molecule has 0 unspecified atom stereocenters. The number of amides is 1. The summed E-state index contributed by atoms with van der Waals surface area (Å²) < 4.78 is 0. The van der Waals surface area contributed by atoms with Gasteiger partial charge in [-0.3, -0.25) is 4.79 Å². The largest absolute Gasteiger partial charge is 0.356 e. The van der Waals surface area contributed by atoms with Gasteiger partial charge in [0.15, 0.2) is 0 Å². The fourth-order valence-corrected chi connectivity index (χ4v) is 2.53. The van der Waals surface area contributed by atoms with E-state index in [2.05, 4.69) is 24.9 Å². The lowest BCUT2D eigenvalue weighted by Crippen LogP contribution is -2.27. The summed E-state index contributed by atoms with van der Waals surface area (Å²) >= 11 is 4.32. The summed E-state index contributed by atoms with van der Waals surface area (Å²) in [6.45, 7) is 3.09. The number of carbonyl (C=O) groups is 1. The Hall–Kier alpha value is -0.180. The maximum Gasteiger partial charge on any atom is 0.220 e. The van der Waals surface area contributed by atoms with Gasteiger partial charge in [0.2, 0.25) is 5.91 Å². The molecule has 100 valence electrons. The second-order valence-electron chi connectivity index (χ2n) is 5.45.